The molecule has 0 aliphatic rings. The molecule has 1 heterocycles. The second kappa shape index (κ2) is 9.26. The van der Waals surface area contributed by atoms with Gasteiger partial charge in [-0.25, -0.2) is 4.79 Å². The lowest BCUT2D eigenvalue weighted by atomic mass is 10.4. The average molecular weight is 357 g/mol. The van der Waals surface area contributed by atoms with Gasteiger partial charge >= 0.3 is 12.0 Å². The Kier molecular flexibility index (Phi) is 7.69. The molecular weight excluding hydrogens is 334 g/mol. The van der Waals surface area contributed by atoms with E-state index in [2.05, 4.69) is 20.8 Å². The number of amides is 3. The van der Waals surface area contributed by atoms with Crippen LogP contribution in [0.1, 0.15) is 33.5 Å². The summed E-state index contributed by atoms with van der Waals surface area (Å²) in [5.74, 6) is -0.380. The third-order valence-electron chi connectivity index (χ3n) is 2.84. The third-order valence-corrected chi connectivity index (χ3v) is 3.97. The fourth-order valence-electron chi connectivity index (χ4n) is 1.67. The second-order valence-electron chi connectivity index (χ2n) is 5.32. The first-order valence-corrected chi connectivity index (χ1v) is 8.44. The highest BCUT2D eigenvalue weighted by Crippen LogP contribution is 2.21. The quantitative estimate of drug-likeness (QED) is 0.543. The Morgan fingerprint density at radius 3 is 2.50 bits per heavy atom. The fraction of sp³-hybridized carbons (Fsp3) is 0.643. The van der Waals surface area contributed by atoms with Crippen LogP contribution in [0.3, 0.4) is 0 Å². The van der Waals surface area contributed by atoms with Crippen LogP contribution in [0.15, 0.2) is 5.16 Å². The first-order valence-electron chi connectivity index (χ1n) is 7.56. The molecule has 24 heavy (non-hydrogen) atoms. The Bertz CT molecular complexity index is 602. The summed E-state index contributed by atoms with van der Waals surface area (Å²) in [6.07, 6.45) is 0.00920. The summed E-state index contributed by atoms with van der Waals surface area (Å²) in [5, 5.41) is 12.7. The Morgan fingerprint density at radius 1 is 1.25 bits per heavy atom. The molecular formula is C14H23N5O4S. The van der Waals surface area contributed by atoms with Crippen molar-refractivity contribution in [2.75, 3.05) is 6.61 Å². The molecule has 0 aliphatic heterocycles. The first-order chi connectivity index (χ1) is 11.2. The standard InChI is InChI=1S/C14H23N5O4S/c1-6-23-11(20)7-10-17-18-14(19(10)5)24-9(4)12(21)16-13(22)15-8(2)3/h8-9H,6-7H2,1-5H3,(H2,15,16,21,22). The number of hydrogen-bond donors (Lipinski definition) is 2. The van der Waals surface area contributed by atoms with Gasteiger partial charge in [0, 0.05) is 13.1 Å². The molecule has 0 aliphatic carbocycles. The van der Waals surface area contributed by atoms with Crippen LogP contribution in [-0.2, 0) is 27.8 Å². The predicted octanol–water partition coefficient (Wildman–Crippen LogP) is 0.635. The largest absolute Gasteiger partial charge is 0.466 e. The molecule has 10 heteroatoms. The van der Waals surface area contributed by atoms with Crippen LogP contribution in [-0.4, -0.2) is 50.6 Å². The lowest BCUT2D eigenvalue weighted by Gasteiger charge is -2.13. The highest BCUT2D eigenvalue weighted by molar-refractivity contribution is 8.00. The number of urea groups is 1. The molecule has 134 valence electrons. The SMILES string of the molecule is CCOC(=O)Cc1nnc(SC(C)C(=O)NC(=O)NC(C)C)n1C. The van der Waals surface area contributed by atoms with Gasteiger partial charge in [-0.05, 0) is 27.7 Å². The van der Waals surface area contributed by atoms with Gasteiger partial charge in [0.05, 0.1) is 11.9 Å². The number of carbonyl (C=O) groups is 3. The van der Waals surface area contributed by atoms with Crippen molar-refractivity contribution in [3.8, 4) is 0 Å². The molecule has 9 nitrogen and oxygen atoms in total. The van der Waals surface area contributed by atoms with Crippen molar-refractivity contribution < 1.29 is 19.1 Å². The van der Waals surface area contributed by atoms with Crippen molar-refractivity contribution in [2.45, 2.75) is 50.6 Å². The van der Waals surface area contributed by atoms with Crippen LogP contribution in [0, 0.1) is 0 Å². The van der Waals surface area contributed by atoms with Gasteiger partial charge in [-0.15, -0.1) is 10.2 Å². The van der Waals surface area contributed by atoms with Gasteiger partial charge in [0.15, 0.2) is 5.16 Å². The molecule has 0 spiro atoms. The third kappa shape index (κ3) is 6.19. The Labute approximate surface area is 144 Å². The predicted molar refractivity (Wildman–Crippen MR) is 88.5 cm³/mol. The maximum atomic E-state index is 12.0. The molecule has 0 saturated heterocycles. The van der Waals surface area contributed by atoms with E-state index in [1.54, 1.807) is 39.3 Å². The van der Waals surface area contributed by atoms with E-state index in [0.29, 0.717) is 17.6 Å². The summed E-state index contributed by atoms with van der Waals surface area (Å²) < 4.78 is 6.49. The summed E-state index contributed by atoms with van der Waals surface area (Å²) in [7, 11) is 1.70. The van der Waals surface area contributed by atoms with Crippen molar-refractivity contribution >= 4 is 29.7 Å². The Hall–Kier alpha value is -2.10. The average Bonchev–Trinajstić information content (AvgIpc) is 2.79. The van der Waals surface area contributed by atoms with E-state index in [0.717, 1.165) is 11.8 Å². The highest BCUT2D eigenvalue weighted by Gasteiger charge is 2.21. The lowest BCUT2D eigenvalue weighted by Crippen LogP contribution is -2.45. The molecule has 1 unspecified atom stereocenters. The maximum absolute atomic E-state index is 12.0. The summed E-state index contributed by atoms with van der Waals surface area (Å²) in [6.45, 7) is 7.28. The van der Waals surface area contributed by atoms with Gasteiger partial charge in [0.25, 0.3) is 0 Å². The van der Waals surface area contributed by atoms with E-state index in [-0.39, 0.29) is 18.4 Å². The van der Waals surface area contributed by atoms with Crippen LogP contribution >= 0.6 is 11.8 Å². The van der Waals surface area contributed by atoms with Gasteiger partial charge in [0.1, 0.15) is 12.2 Å². The van der Waals surface area contributed by atoms with Crippen LogP contribution in [0.2, 0.25) is 0 Å². The topological polar surface area (TPSA) is 115 Å². The molecule has 0 aromatic carbocycles. The minimum absolute atomic E-state index is 0.00920. The summed E-state index contributed by atoms with van der Waals surface area (Å²) in [4.78, 5) is 35.0. The van der Waals surface area contributed by atoms with Gasteiger partial charge in [-0.3, -0.25) is 14.9 Å². The van der Waals surface area contributed by atoms with Crippen molar-refractivity contribution in [1.29, 1.82) is 0 Å². The normalized spacial score (nSPS) is 11.9. The van der Waals surface area contributed by atoms with Crippen LogP contribution in [0.25, 0.3) is 0 Å². The molecule has 0 saturated carbocycles. The molecule has 0 bridgehead atoms. The lowest BCUT2D eigenvalue weighted by molar-refractivity contribution is -0.142. The number of esters is 1. The van der Waals surface area contributed by atoms with Crippen molar-refractivity contribution in [2.24, 2.45) is 7.05 Å². The summed E-state index contributed by atoms with van der Waals surface area (Å²) in [5.41, 5.74) is 0. The Balaban J connectivity index is 2.62. The number of nitrogens with one attached hydrogen (secondary N) is 2. The highest BCUT2D eigenvalue weighted by atomic mass is 32.2. The van der Waals surface area contributed by atoms with Crippen molar-refractivity contribution in [3.63, 3.8) is 0 Å². The maximum Gasteiger partial charge on any atom is 0.321 e. The molecule has 1 rings (SSSR count). The number of ether oxygens (including phenoxy) is 1. The number of nitrogens with zero attached hydrogens (tertiary/aromatic N) is 3. The van der Waals surface area contributed by atoms with Crippen molar-refractivity contribution in [3.05, 3.63) is 5.82 Å². The smallest absolute Gasteiger partial charge is 0.321 e. The van der Waals surface area contributed by atoms with E-state index in [9.17, 15) is 14.4 Å². The van der Waals surface area contributed by atoms with Crippen LogP contribution < -0.4 is 10.6 Å². The zero-order valence-corrected chi connectivity index (χ0v) is 15.3. The number of thioether (sulfide) groups is 1. The molecule has 0 fully saturated rings. The van der Waals surface area contributed by atoms with Crippen LogP contribution in [0.4, 0.5) is 4.79 Å². The minimum atomic E-state index is -0.554. The number of imide groups is 1. The van der Waals surface area contributed by atoms with Gasteiger partial charge < -0.3 is 14.6 Å². The fourth-order valence-corrected chi connectivity index (χ4v) is 2.50. The van der Waals surface area contributed by atoms with Gasteiger partial charge in [0.2, 0.25) is 5.91 Å². The first kappa shape index (κ1) is 19.9. The second-order valence-corrected chi connectivity index (χ2v) is 6.63. The number of hydrogen-bond acceptors (Lipinski definition) is 7. The minimum Gasteiger partial charge on any atom is -0.466 e. The molecule has 1 atom stereocenters. The van der Waals surface area contributed by atoms with Crippen molar-refractivity contribution in [1.82, 2.24) is 25.4 Å². The van der Waals surface area contributed by atoms with Gasteiger partial charge in [-0.1, -0.05) is 11.8 Å². The summed E-state index contributed by atoms with van der Waals surface area (Å²) >= 11 is 1.15. The number of aromatic nitrogens is 3. The number of carbonyl (C=O) groups excluding carboxylic acids is 3. The van der Waals surface area contributed by atoms with E-state index in [1.165, 1.54) is 0 Å². The Morgan fingerprint density at radius 2 is 1.92 bits per heavy atom. The van der Waals surface area contributed by atoms with E-state index < -0.39 is 17.2 Å². The summed E-state index contributed by atoms with van der Waals surface area (Å²) in [6, 6.07) is -0.603. The molecule has 3 amide bonds. The molecule has 1 aromatic heterocycles. The van der Waals surface area contributed by atoms with Crippen LogP contribution in [0.5, 0.6) is 0 Å². The van der Waals surface area contributed by atoms with E-state index in [1.807, 2.05) is 0 Å². The van der Waals surface area contributed by atoms with E-state index >= 15 is 0 Å². The van der Waals surface area contributed by atoms with Gasteiger partial charge in [-0.2, -0.15) is 0 Å². The monoisotopic (exact) mass is 357 g/mol. The zero-order valence-electron chi connectivity index (χ0n) is 14.5. The molecule has 1 aromatic rings. The number of rotatable bonds is 7. The molecule has 2 N–H and O–H groups in total. The zero-order chi connectivity index (χ0) is 18.3. The van der Waals surface area contributed by atoms with E-state index in [4.69, 9.17) is 4.74 Å². The molecule has 0 radical (unpaired) electrons.